The summed E-state index contributed by atoms with van der Waals surface area (Å²) in [5, 5.41) is 13.2. The van der Waals surface area contributed by atoms with Crippen molar-refractivity contribution in [1.82, 2.24) is 5.32 Å². The molecule has 0 unspecified atom stereocenters. The first kappa shape index (κ1) is 15.8. The average Bonchev–Trinajstić information content (AvgIpc) is 2.46. The second-order valence-electron chi connectivity index (χ2n) is 4.18. The Morgan fingerprint density at radius 3 is 2.65 bits per heavy atom. The van der Waals surface area contributed by atoms with E-state index in [4.69, 9.17) is 4.74 Å². The van der Waals surface area contributed by atoms with Crippen molar-refractivity contribution in [3.63, 3.8) is 0 Å². The number of amides is 1. The fourth-order valence-corrected chi connectivity index (χ4v) is 1.52. The first-order chi connectivity index (χ1) is 9.63. The van der Waals surface area contributed by atoms with Crippen LogP contribution >= 0.6 is 0 Å². The van der Waals surface area contributed by atoms with Crippen LogP contribution in [0.25, 0.3) is 0 Å². The van der Waals surface area contributed by atoms with Crippen molar-refractivity contribution in [1.29, 1.82) is 0 Å². The van der Waals surface area contributed by atoms with Crippen LogP contribution in [0.1, 0.15) is 18.4 Å². The van der Waals surface area contributed by atoms with E-state index in [-0.39, 0.29) is 11.6 Å². The van der Waals surface area contributed by atoms with E-state index in [9.17, 15) is 14.9 Å². The van der Waals surface area contributed by atoms with Crippen molar-refractivity contribution < 1.29 is 14.5 Å². The van der Waals surface area contributed by atoms with E-state index < -0.39 is 4.92 Å². The molecule has 0 aliphatic rings. The Morgan fingerprint density at radius 2 is 2.05 bits per heavy atom. The molecule has 0 bridgehead atoms. The maximum Gasteiger partial charge on any atom is 0.269 e. The highest BCUT2D eigenvalue weighted by Crippen LogP contribution is 2.12. The lowest BCUT2D eigenvalue weighted by atomic mass is 10.2. The van der Waals surface area contributed by atoms with Crippen LogP contribution < -0.4 is 5.32 Å². The number of carbonyl (C=O) groups is 1. The van der Waals surface area contributed by atoms with Gasteiger partial charge in [0.1, 0.15) is 0 Å². The van der Waals surface area contributed by atoms with Crippen LogP contribution in [0.4, 0.5) is 5.69 Å². The highest BCUT2D eigenvalue weighted by molar-refractivity contribution is 5.86. The van der Waals surface area contributed by atoms with E-state index in [1.165, 1.54) is 18.2 Å². The van der Waals surface area contributed by atoms with Crippen LogP contribution in [0.15, 0.2) is 36.9 Å². The summed E-state index contributed by atoms with van der Waals surface area (Å²) in [5.74, 6) is -0.170. The molecule has 6 heteroatoms. The molecule has 0 atom stereocenters. The van der Waals surface area contributed by atoms with Crippen LogP contribution in [0, 0.1) is 10.1 Å². The van der Waals surface area contributed by atoms with Crippen molar-refractivity contribution >= 4 is 11.6 Å². The molecule has 1 N–H and O–H groups in total. The molecule has 0 aromatic heterocycles. The van der Waals surface area contributed by atoms with Gasteiger partial charge in [-0.2, -0.15) is 0 Å². The normalized spacial score (nSPS) is 10.0. The summed E-state index contributed by atoms with van der Waals surface area (Å²) in [7, 11) is 0. The topological polar surface area (TPSA) is 81.5 Å². The van der Waals surface area contributed by atoms with Gasteiger partial charge in [0.15, 0.2) is 0 Å². The van der Waals surface area contributed by atoms with Crippen molar-refractivity contribution in [2.45, 2.75) is 19.4 Å². The fraction of sp³-hybridized carbons (Fsp3) is 0.357. The van der Waals surface area contributed by atoms with Gasteiger partial charge in [-0.25, -0.2) is 0 Å². The molecule has 6 nitrogen and oxygen atoms in total. The van der Waals surface area contributed by atoms with Crippen molar-refractivity contribution in [3.05, 3.63) is 52.6 Å². The van der Waals surface area contributed by atoms with Gasteiger partial charge in [0.05, 0.1) is 11.5 Å². The van der Waals surface area contributed by atoms with Gasteiger partial charge in [-0.05, 0) is 36.6 Å². The maximum absolute atomic E-state index is 10.9. The second-order valence-corrected chi connectivity index (χ2v) is 4.18. The molecule has 108 valence electrons. The van der Waals surface area contributed by atoms with E-state index in [0.29, 0.717) is 19.8 Å². The minimum Gasteiger partial charge on any atom is -0.377 e. The van der Waals surface area contributed by atoms with Gasteiger partial charge in [-0.15, -0.1) is 0 Å². The molecular weight excluding hydrogens is 260 g/mol. The van der Waals surface area contributed by atoms with Crippen molar-refractivity contribution in [3.8, 4) is 0 Å². The molecule has 0 saturated heterocycles. The Hall–Kier alpha value is -2.21. The van der Waals surface area contributed by atoms with Crippen molar-refractivity contribution in [2.24, 2.45) is 0 Å². The van der Waals surface area contributed by atoms with Crippen LogP contribution in [-0.4, -0.2) is 24.0 Å². The number of non-ortho nitro benzene ring substituents is 1. The third kappa shape index (κ3) is 6.10. The predicted octanol–water partition coefficient (Wildman–Crippen LogP) is 2.19. The molecule has 0 heterocycles. The number of unbranched alkanes of at least 4 members (excludes halogenated alkanes) is 1. The summed E-state index contributed by atoms with van der Waals surface area (Å²) in [5.41, 5.74) is 0.974. The number of nitro benzene ring substituents is 1. The van der Waals surface area contributed by atoms with Gasteiger partial charge < -0.3 is 10.1 Å². The van der Waals surface area contributed by atoms with Crippen LogP contribution in [0.3, 0.4) is 0 Å². The summed E-state index contributed by atoms with van der Waals surface area (Å²) in [6.45, 7) is 4.98. The molecule has 20 heavy (non-hydrogen) atoms. The Balaban J connectivity index is 2.10. The zero-order valence-electron chi connectivity index (χ0n) is 11.2. The highest BCUT2D eigenvalue weighted by Gasteiger charge is 2.03. The second kappa shape index (κ2) is 8.82. The number of nitrogens with zero attached hydrogens (tertiary/aromatic N) is 1. The lowest BCUT2D eigenvalue weighted by Gasteiger charge is -2.05. The van der Waals surface area contributed by atoms with Gasteiger partial charge in [0, 0.05) is 25.3 Å². The molecule has 0 fully saturated rings. The molecule has 0 saturated carbocycles. The Bertz CT molecular complexity index is 457. The van der Waals surface area contributed by atoms with Gasteiger partial charge in [-0.1, -0.05) is 6.58 Å². The van der Waals surface area contributed by atoms with E-state index in [1.54, 1.807) is 12.1 Å². The van der Waals surface area contributed by atoms with Crippen LogP contribution in [0.2, 0.25) is 0 Å². The maximum atomic E-state index is 10.9. The molecule has 1 amide bonds. The first-order valence-electron chi connectivity index (χ1n) is 6.35. The molecule has 0 radical (unpaired) electrons. The summed E-state index contributed by atoms with van der Waals surface area (Å²) < 4.78 is 5.45. The summed E-state index contributed by atoms with van der Waals surface area (Å²) in [6.07, 6.45) is 2.91. The molecule has 1 aromatic carbocycles. The predicted molar refractivity (Wildman–Crippen MR) is 75.2 cm³/mol. The van der Waals surface area contributed by atoms with Crippen LogP contribution in [0.5, 0.6) is 0 Å². The lowest BCUT2D eigenvalue weighted by molar-refractivity contribution is -0.384. The fourth-order valence-electron chi connectivity index (χ4n) is 1.52. The van der Waals surface area contributed by atoms with Gasteiger partial charge in [0.25, 0.3) is 5.69 Å². The zero-order chi connectivity index (χ0) is 14.8. The number of nitrogens with one attached hydrogen (secondary N) is 1. The van der Waals surface area contributed by atoms with Crippen LogP contribution in [-0.2, 0) is 16.1 Å². The third-order valence-electron chi connectivity index (χ3n) is 2.62. The number of ether oxygens (including phenoxy) is 1. The molecule has 0 aliphatic heterocycles. The molecule has 1 rings (SSSR count). The summed E-state index contributed by atoms with van der Waals surface area (Å²) in [6, 6.07) is 6.29. The smallest absolute Gasteiger partial charge is 0.269 e. The van der Waals surface area contributed by atoms with Gasteiger partial charge >= 0.3 is 0 Å². The summed E-state index contributed by atoms with van der Waals surface area (Å²) in [4.78, 5) is 20.9. The number of benzene rings is 1. The first-order valence-corrected chi connectivity index (χ1v) is 6.35. The number of rotatable bonds is 9. The van der Waals surface area contributed by atoms with E-state index >= 15 is 0 Å². The lowest BCUT2D eigenvalue weighted by Crippen LogP contribution is -2.22. The number of nitro groups is 1. The zero-order valence-corrected chi connectivity index (χ0v) is 11.2. The highest BCUT2D eigenvalue weighted by atomic mass is 16.6. The largest absolute Gasteiger partial charge is 0.377 e. The van der Waals surface area contributed by atoms with Gasteiger partial charge in [-0.3, -0.25) is 14.9 Å². The standard InChI is InChI=1S/C14H18N2O4/c1-2-14(17)15-9-3-4-10-20-11-12-5-7-13(8-6-12)16(18)19/h2,5-8H,1,3-4,9-11H2,(H,15,17). The number of carbonyl (C=O) groups excluding carboxylic acids is 1. The molecular formula is C14H18N2O4. The number of hydrogen-bond donors (Lipinski definition) is 1. The third-order valence-corrected chi connectivity index (χ3v) is 2.62. The van der Waals surface area contributed by atoms with E-state index in [1.807, 2.05) is 0 Å². The number of hydrogen-bond acceptors (Lipinski definition) is 4. The average molecular weight is 278 g/mol. The quantitative estimate of drug-likeness (QED) is 0.325. The van der Waals surface area contributed by atoms with Crippen molar-refractivity contribution in [2.75, 3.05) is 13.2 Å². The molecule has 0 spiro atoms. The summed E-state index contributed by atoms with van der Waals surface area (Å²) >= 11 is 0. The van der Waals surface area contributed by atoms with Gasteiger partial charge in [0.2, 0.25) is 5.91 Å². The SMILES string of the molecule is C=CC(=O)NCCCCOCc1ccc([N+](=O)[O-])cc1. The minimum atomic E-state index is -0.428. The molecule has 0 aliphatic carbocycles. The van der Waals surface area contributed by atoms with E-state index in [2.05, 4.69) is 11.9 Å². The Morgan fingerprint density at radius 1 is 1.35 bits per heavy atom. The molecule has 1 aromatic rings. The Kier molecular flexibility index (Phi) is 6.99. The Labute approximate surface area is 117 Å². The minimum absolute atomic E-state index is 0.0757. The monoisotopic (exact) mass is 278 g/mol. The van der Waals surface area contributed by atoms with E-state index in [0.717, 1.165) is 18.4 Å².